The van der Waals surface area contributed by atoms with E-state index in [4.69, 9.17) is 21.1 Å². The number of hydrogen-bond acceptors (Lipinski definition) is 6. The van der Waals surface area contributed by atoms with Gasteiger partial charge in [0.05, 0.1) is 24.4 Å². The molecule has 0 saturated carbocycles. The number of ether oxygens (including phenoxy) is 2. The molecule has 5 rings (SSSR count). The van der Waals surface area contributed by atoms with Crippen LogP contribution in [0.2, 0.25) is 5.02 Å². The lowest BCUT2D eigenvalue weighted by molar-refractivity contribution is -0.119. The summed E-state index contributed by atoms with van der Waals surface area (Å²) in [5.41, 5.74) is 2.98. The molecule has 10 heteroatoms. The minimum atomic E-state index is -0.575. The number of aromatic nitrogens is 2. The zero-order valence-corrected chi connectivity index (χ0v) is 21.5. The quantitative estimate of drug-likeness (QED) is 0.444. The average molecular weight is 523 g/mol. The summed E-state index contributed by atoms with van der Waals surface area (Å²) in [5.74, 6) is -0.268. The molecule has 2 aliphatic rings. The first-order chi connectivity index (χ1) is 17.9. The number of anilines is 2. The maximum atomic E-state index is 13.8. The zero-order chi connectivity index (χ0) is 26.1. The molecule has 2 amide bonds. The van der Waals surface area contributed by atoms with Crippen LogP contribution in [-0.2, 0) is 16.0 Å². The first kappa shape index (κ1) is 24.8. The third-order valence-corrected chi connectivity index (χ3v) is 6.96. The van der Waals surface area contributed by atoms with Gasteiger partial charge in [-0.25, -0.2) is 9.48 Å². The summed E-state index contributed by atoms with van der Waals surface area (Å²) in [6.45, 7) is 2.99. The smallest absolute Gasteiger partial charge is 0.359 e. The fourth-order valence-electron chi connectivity index (χ4n) is 4.83. The summed E-state index contributed by atoms with van der Waals surface area (Å²) in [5, 5.41) is 4.84. The highest BCUT2D eigenvalue weighted by atomic mass is 35.5. The van der Waals surface area contributed by atoms with Crippen molar-refractivity contribution in [2.45, 2.75) is 32.6 Å². The second kappa shape index (κ2) is 10.3. The molecular formula is C27H27ClN4O5. The Morgan fingerprint density at radius 1 is 0.973 bits per heavy atom. The van der Waals surface area contributed by atoms with Crippen LogP contribution in [0.1, 0.15) is 52.7 Å². The van der Waals surface area contributed by atoms with Gasteiger partial charge in [-0.15, -0.1) is 0 Å². The van der Waals surface area contributed by atoms with Crippen LogP contribution in [0.3, 0.4) is 0 Å². The minimum absolute atomic E-state index is 0.117. The molecule has 192 valence electrons. The molecule has 1 saturated heterocycles. The number of amides is 2. The molecule has 3 heterocycles. The monoisotopic (exact) mass is 522 g/mol. The Hall–Kier alpha value is -3.85. The molecule has 1 aromatic heterocycles. The Morgan fingerprint density at radius 2 is 1.68 bits per heavy atom. The number of piperidine rings is 1. The fraction of sp³-hybridized carbons (Fsp3) is 0.333. The van der Waals surface area contributed by atoms with Crippen LogP contribution in [-0.4, -0.2) is 54.4 Å². The van der Waals surface area contributed by atoms with Gasteiger partial charge in [0.1, 0.15) is 11.4 Å². The predicted molar refractivity (Wildman–Crippen MR) is 139 cm³/mol. The molecule has 1 fully saturated rings. The topological polar surface area (TPSA) is 94.0 Å². The van der Waals surface area contributed by atoms with E-state index >= 15 is 0 Å². The molecule has 0 radical (unpaired) electrons. The van der Waals surface area contributed by atoms with E-state index in [1.54, 1.807) is 34.9 Å². The van der Waals surface area contributed by atoms with Crippen molar-refractivity contribution >= 4 is 40.8 Å². The molecule has 37 heavy (non-hydrogen) atoms. The van der Waals surface area contributed by atoms with Gasteiger partial charge in [0.25, 0.3) is 5.91 Å². The Morgan fingerprint density at radius 3 is 2.32 bits per heavy atom. The third-order valence-electron chi connectivity index (χ3n) is 6.66. The first-order valence-corrected chi connectivity index (χ1v) is 12.7. The molecule has 0 unspecified atom stereocenters. The second-order valence-corrected chi connectivity index (χ2v) is 9.26. The maximum absolute atomic E-state index is 13.8. The van der Waals surface area contributed by atoms with Gasteiger partial charge in [0.15, 0.2) is 5.69 Å². The Kier molecular flexibility index (Phi) is 6.88. The molecule has 0 spiro atoms. The lowest BCUT2D eigenvalue weighted by Gasteiger charge is -2.29. The van der Waals surface area contributed by atoms with Crippen molar-refractivity contribution in [3.63, 3.8) is 0 Å². The molecule has 0 bridgehead atoms. The number of nitrogens with zero attached hydrogens (tertiary/aromatic N) is 4. The molecule has 2 aromatic carbocycles. The number of rotatable bonds is 6. The number of benzene rings is 2. The van der Waals surface area contributed by atoms with Crippen LogP contribution in [0.5, 0.6) is 5.75 Å². The summed E-state index contributed by atoms with van der Waals surface area (Å²) < 4.78 is 11.9. The van der Waals surface area contributed by atoms with Crippen molar-refractivity contribution < 1.29 is 23.9 Å². The second-order valence-electron chi connectivity index (χ2n) is 8.85. The van der Waals surface area contributed by atoms with Crippen molar-refractivity contribution in [3.8, 4) is 11.4 Å². The van der Waals surface area contributed by atoms with E-state index < -0.39 is 5.97 Å². The van der Waals surface area contributed by atoms with E-state index in [1.165, 1.54) is 11.8 Å². The highest BCUT2D eigenvalue weighted by Crippen LogP contribution is 2.33. The van der Waals surface area contributed by atoms with Crippen LogP contribution in [0.15, 0.2) is 42.5 Å². The Balaban J connectivity index is 1.52. The summed E-state index contributed by atoms with van der Waals surface area (Å²) in [7, 11) is 1.52. The highest BCUT2D eigenvalue weighted by Gasteiger charge is 2.35. The van der Waals surface area contributed by atoms with Crippen molar-refractivity contribution in [2.75, 3.05) is 36.6 Å². The molecule has 0 N–H and O–H groups in total. The van der Waals surface area contributed by atoms with Crippen LogP contribution < -0.4 is 14.5 Å². The van der Waals surface area contributed by atoms with Gasteiger partial charge in [0, 0.05) is 36.4 Å². The maximum Gasteiger partial charge on any atom is 0.359 e. The van der Waals surface area contributed by atoms with Crippen molar-refractivity contribution in [1.82, 2.24) is 9.78 Å². The molecular weight excluding hydrogens is 496 g/mol. The number of esters is 1. The predicted octanol–water partition coefficient (Wildman–Crippen LogP) is 4.43. The van der Waals surface area contributed by atoms with E-state index in [0.717, 1.165) is 18.5 Å². The van der Waals surface area contributed by atoms with Gasteiger partial charge in [0.2, 0.25) is 5.91 Å². The van der Waals surface area contributed by atoms with E-state index in [-0.39, 0.29) is 29.8 Å². The Bertz CT molecular complexity index is 1370. The molecule has 3 aromatic rings. The highest BCUT2D eigenvalue weighted by molar-refractivity contribution is 6.32. The lowest BCUT2D eigenvalue weighted by atomic mass is 10.0. The van der Waals surface area contributed by atoms with Gasteiger partial charge < -0.3 is 19.3 Å². The van der Waals surface area contributed by atoms with E-state index in [1.807, 2.05) is 24.3 Å². The number of carbonyl (C=O) groups excluding carboxylic acids is 3. The van der Waals surface area contributed by atoms with Crippen LogP contribution in [0, 0.1) is 0 Å². The number of carbonyl (C=O) groups is 3. The van der Waals surface area contributed by atoms with Gasteiger partial charge in [-0.1, -0.05) is 11.6 Å². The summed E-state index contributed by atoms with van der Waals surface area (Å²) in [4.78, 5) is 42.3. The summed E-state index contributed by atoms with van der Waals surface area (Å²) >= 11 is 6.35. The SMILES string of the molecule is CCOC(=O)c1nn(-c2ccc(OC)c(Cl)c2)c2c1CCN(c1ccc(N3CCCCC3=O)cc1)C2=O. The van der Waals surface area contributed by atoms with E-state index in [0.29, 0.717) is 53.6 Å². The number of halogens is 1. The molecule has 9 nitrogen and oxygen atoms in total. The average Bonchev–Trinajstić information content (AvgIpc) is 3.30. The van der Waals surface area contributed by atoms with E-state index in [2.05, 4.69) is 5.10 Å². The van der Waals surface area contributed by atoms with Crippen molar-refractivity contribution in [3.05, 3.63) is 64.4 Å². The number of fused-ring (bicyclic) bond motifs is 1. The van der Waals surface area contributed by atoms with Gasteiger partial charge in [-0.05, 0) is 68.7 Å². The number of methoxy groups -OCH3 is 1. The van der Waals surface area contributed by atoms with Gasteiger partial charge in [-0.3, -0.25) is 9.59 Å². The largest absolute Gasteiger partial charge is 0.495 e. The van der Waals surface area contributed by atoms with Crippen molar-refractivity contribution in [2.24, 2.45) is 0 Å². The number of hydrogen-bond donors (Lipinski definition) is 0. The third kappa shape index (κ3) is 4.55. The Labute approximate surface area is 219 Å². The normalized spacial score (nSPS) is 15.5. The fourth-order valence-corrected chi connectivity index (χ4v) is 5.09. The zero-order valence-electron chi connectivity index (χ0n) is 20.7. The van der Waals surface area contributed by atoms with Gasteiger partial charge >= 0.3 is 5.97 Å². The van der Waals surface area contributed by atoms with Crippen LogP contribution in [0.25, 0.3) is 5.69 Å². The van der Waals surface area contributed by atoms with Crippen molar-refractivity contribution in [1.29, 1.82) is 0 Å². The minimum Gasteiger partial charge on any atom is -0.495 e. The molecule has 0 aliphatic carbocycles. The first-order valence-electron chi connectivity index (χ1n) is 12.3. The van der Waals surface area contributed by atoms with E-state index in [9.17, 15) is 14.4 Å². The standard InChI is InChI=1S/C27H27ClN4O5/c1-3-37-27(35)24-20-13-15-31(18-9-7-17(8-10-18)30-14-5-4-6-23(30)33)26(34)25(20)32(29-24)19-11-12-22(36-2)21(28)16-19/h7-12,16H,3-6,13-15H2,1-2H3. The summed E-state index contributed by atoms with van der Waals surface area (Å²) in [6, 6.07) is 12.5. The van der Waals surface area contributed by atoms with Crippen LogP contribution >= 0.6 is 11.6 Å². The van der Waals surface area contributed by atoms with Crippen LogP contribution in [0.4, 0.5) is 11.4 Å². The lowest BCUT2D eigenvalue weighted by Crippen LogP contribution is -2.39. The summed E-state index contributed by atoms with van der Waals surface area (Å²) in [6.07, 6.45) is 2.87. The molecule has 2 aliphatic heterocycles. The molecule has 0 atom stereocenters. The van der Waals surface area contributed by atoms with Gasteiger partial charge in [-0.2, -0.15) is 5.10 Å².